The molecule has 0 spiro atoms. The second kappa shape index (κ2) is 8.10. The molecule has 0 radical (unpaired) electrons. The molecule has 0 bridgehead atoms. The first kappa shape index (κ1) is 19.9. The number of aliphatic carboxylic acids is 1. The fraction of sp³-hybridized carbons (Fsp3) is 0.857. The molecule has 1 heterocycles. The summed E-state index contributed by atoms with van der Waals surface area (Å²) >= 11 is 0. The van der Waals surface area contributed by atoms with E-state index in [0.717, 1.165) is 6.42 Å². The van der Waals surface area contributed by atoms with Crippen molar-refractivity contribution in [2.24, 2.45) is 23.3 Å². The number of amides is 1. The van der Waals surface area contributed by atoms with Gasteiger partial charge in [0.05, 0.1) is 6.04 Å². The Morgan fingerprint density at radius 1 is 1.43 bits per heavy atom. The van der Waals surface area contributed by atoms with Gasteiger partial charge in [-0.15, -0.1) is 0 Å². The van der Waals surface area contributed by atoms with Crippen molar-refractivity contribution in [3.63, 3.8) is 0 Å². The third kappa shape index (κ3) is 4.66. The molecule has 1 saturated heterocycles. The van der Waals surface area contributed by atoms with Crippen LogP contribution in [0.25, 0.3) is 0 Å². The topological polar surface area (TPSA) is 150 Å². The molecule has 0 aromatic carbocycles. The van der Waals surface area contributed by atoms with Crippen molar-refractivity contribution >= 4 is 19.0 Å². The van der Waals surface area contributed by atoms with Crippen LogP contribution in [0, 0.1) is 11.8 Å². The summed E-state index contributed by atoms with van der Waals surface area (Å²) in [4.78, 5) is 25.5. The lowest BCUT2D eigenvalue weighted by molar-refractivity contribution is -0.144. The highest BCUT2D eigenvalue weighted by Crippen LogP contribution is 2.31. The third-order valence-corrected chi connectivity index (χ3v) is 4.89. The molecule has 1 unspecified atom stereocenters. The van der Waals surface area contributed by atoms with Gasteiger partial charge in [0, 0.05) is 19.0 Å². The number of nitrogens with two attached hydrogens (primary N) is 2. The van der Waals surface area contributed by atoms with Crippen LogP contribution in [0.1, 0.15) is 33.1 Å². The van der Waals surface area contributed by atoms with Crippen molar-refractivity contribution in [1.82, 2.24) is 4.90 Å². The Morgan fingerprint density at radius 2 is 2.04 bits per heavy atom. The number of carboxylic acids is 1. The Bertz CT molecular complexity index is 437. The van der Waals surface area contributed by atoms with Crippen LogP contribution in [0.2, 0.25) is 6.32 Å². The molecule has 1 rings (SSSR count). The van der Waals surface area contributed by atoms with Crippen molar-refractivity contribution in [2.45, 2.75) is 51.0 Å². The average molecular weight is 329 g/mol. The SMILES string of the molecule is CC[C@H](C)[C@H](N)C(=O)N1CC(CCCB(O)O)[C@](N)(C(=O)O)C1. The Labute approximate surface area is 137 Å². The second-order valence-corrected chi connectivity index (χ2v) is 6.58. The maximum Gasteiger partial charge on any atom is 0.451 e. The van der Waals surface area contributed by atoms with Crippen molar-refractivity contribution in [3.8, 4) is 0 Å². The molecule has 1 amide bonds. The van der Waals surface area contributed by atoms with Gasteiger partial charge in [0.15, 0.2) is 0 Å². The van der Waals surface area contributed by atoms with E-state index in [9.17, 15) is 14.7 Å². The van der Waals surface area contributed by atoms with Gasteiger partial charge in [-0.1, -0.05) is 26.7 Å². The van der Waals surface area contributed by atoms with E-state index in [1.165, 1.54) is 4.90 Å². The van der Waals surface area contributed by atoms with Crippen LogP contribution in [0.4, 0.5) is 0 Å². The van der Waals surface area contributed by atoms with Gasteiger partial charge in [0.25, 0.3) is 0 Å². The van der Waals surface area contributed by atoms with Crippen LogP contribution in [0.15, 0.2) is 0 Å². The molecule has 0 aromatic heterocycles. The summed E-state index contributed by atoms with van der Waals surface area (Å²) in [7, 11) is -1.43. The number of carboxylic acid groups (broad SMARTS) is 1. The molecule has 8 nitrogen and oxygen atoms in total. The van der Waals surface area contributed by atoms with Crippen LogP contribution in [0.5, 0.6) is 0 Å². The maximum atomic E-state index is 12.5. The molecule has 23 heavy (non-hydrogen) atoms. The molecule has 7 N–H and O–H groups in total. The highest BCUT2D eigenvalue weighted by atomic mass is 16.4. The number of likely N-dealkylation sites (tertiary alicyclic amines) is 1. The van der Waals surface area contributed by atoms with Gasteiger partial charge in [0.1, 0.15) is 5.54 Å². The Morgan fingerprint density at radius 3 is 2.52 bits per heavy atom. The zero-order valence-corrected chi connectivity index (χ0v) is 13.8. The van der Waals surface area contributed by atoms with Gasteiger partial charge in [-0.3, -0.25) is 9.59 Å². The summed E-state index contributed by atoms with van der Waals surface area (Å²) in [5.41, 5.74) is 10.5. The third-order valence-electron chi connectivity index (χ3n) is 4.89. The van der Waals surface area contributed by atoms with Crippen molar-refractivity contribution < 1.29 is 24.7 Å². The van der Waals surface area contributed by atoms with E-state index in [1.54, 1.807) is 0 Å². The number of carbonyl (C=O) groups is 2. The smallest absolute Gasteiger partial charge is 0.451 e. The fourth-order valence-electron chi connectivity index (χ4n) is 2.95. The van der Waals surface area contributed by atoms with Gasteiger partial charge >= 0.3 is 13.1 Å². The van der Waals surface area contributed by atoms with Crippen molar-refractivity contribution in [2.75, 3.05) is 13.1 Å². The average Bonchev–Trinajstić information content (AvgIpc) is 2.83. The minimum absolute atomic E-state index is 0.00286. The minimum Gasteiger partial charge on any atom is -0.480 e. The summed E-state index contributed by atoms with van der Waals surface area (Å²) < 4.78 is 0. The minimum atomic E-state index is -1.52. The molecule has 1 fully saturated rings. The predicted molar refractivity (Wildman–Crippen MR) is 86.3 cm³/mol. The fourth-order valence-corrected chi connectivity index (χ4v) is 2.95. The van der Waals surface area contributed by atoms with Gasteiger partial charge in [-0.05, 0) is 18.7 Å². The molecule has 4 atom stereocenters. The van der Waals surface area contributed by atoms with Crippen LogP contribution >= 0.6 is 0 Å². The van der Waals surface area contributed by atoms with Gasteiger partial charge in [-0.2, -0.15) is 0 Å². The summed E-state index contributed by atoms with van der Waals surface area (Å²) in [6.45, 7) is 3.98. The molecule has 0 aliphatic carbocycles. The highest BCUT2D eigenvalue weighted by molar-refractivity contribution is 6.40. The Kier molecular flexibility index (Phi) is 7.00. The number of carbonyl (C=O) groups excluding carboxylic acids is 1. The normalized spacial score (nSPS) is 26.9. The van der Waals surface area contributed by atoms with Gasteiger partial charge in [-0.25, -0.2) is 0 Å². The molecule has 0 saturated carbocycles. The van der Waals surface area contributed by atoms with E-state index >= 15 is 0 Å². The zero-order valence-electron chi connectivity index (χ0n) is 13.8. The molecule has 132 valence electrons. The monoisotopic (exact) mass is 329 g/mol. The number of nitrogens with zero attached hydrogens (tertiary/aromatic N) is 1. The Balaban J connectivity index is 2.79. The standard InChI is InChI=1S/C14H28BN3O5/c1-3-9(2)11(16)12(19)18-7-10(5-4-6-15(22)23)14(17,8-18)13(20)21/h9-11,22-23H,3-8,16-17H2,1-2H3,(H,20,21)/t9-,10?,11-,14-/m0/s1. The van der Waals surface area contributed by atoms with Crippen LogP contribution < -0.4 is 11.5 Å². The lowest BCUT2D eigenvalue weighted by Gasteiger charge is -2.26. The first-order valence-corrected chi connectivity index (χ1v) is 8.06. The Hall–Kier alpha value is -1.16. The largest absolute Gasteiger partial charge is 0.480 e. The summed E-state index contributed by atoms with van der Waals surface area (Å²) in [6, 6.07) is -0.670. The van der Waals surface area contributed by atoms with Crippen LogP contribution in [-0.4, -0.2) is 63.7 Å². The first-order chi connectivity index (χ1) is 10.6. The highest BCUT2D eigenvalue weighted by Gasteiger charge is 2.51. The zero-order chi connectivity index (χ0) is 17.8. The summed E-state index contributed by atoms with van der Waals surface area (Å²) in [5, 5.41) is 27.2. The molecule has 1 aliphatic heterocycles. The van der Waals surface area contributed by atoms with E-state index in [2.05, 4.69) is 0 Å². The molecular formula is C14H28BN3O5. The van der Waals surface area contributed by atoms with E-state index in [-0.39, 0.29) is 31.2 Å². The van der Waals surface area contributed by atoms with Crippen molar-refractivity contribution in [1.29, 1.82) is 0 Å². The molecule has 9 heteroatoms. The van der Waals surface area contributed by atoms with Gasteiger partial charge < -0.3 is 31.5 Å². The first-order valence-electron chi connectivity index (χ1n) is 8.06. The lowest BCUT2D eigenvalue weighted by Crippen LogP contribution is -2.55. The van der Waals surface area contributed by atoms with Crippen LogP contribution in [-0.2, 0) is 9.59 Å². The molecular weight excluding hydrogens is 301 g/mol. The van der Waals surface area contributed by atoms with Crippen LogP contribution in [0.3, 0.4) is 0 Å². The maximum absolute atomic E-state index is 12.5. The van der Waals surface area contributed by atoms with Gasteiger partial charge in [0.2, 0.25) is 5.91 Å². The predicted octanol–water partition coefficient (Wildman–Crippen LogP) is -1.15. The van der Waals surface area contributed by atoms with E-state index < -0.39 is 30.6 Å². The second-order valence-electron chi connectivity index (χ2n) is 6.58. The lowest BCUT2D eigenvalue weighted by atomic mass is 9.78. The molecule has 1 aliphatic rings. The number of hydrogen-bond acceptors (Lipinski definition) is 6. The summed E-state index contributed by atoms with van der Waals surface area (Å²) in [5.74, 6) is -1.87. The van der Waals surface area contributed by atoms with E-state index in [1.807, 2.05) is 13.8 Å². The number of hydrogen-bond donors (Lipinski definition) is 5. The van der Waals surface area contributed by atoms with E-state index in [0.29, 0.717) is 12.8 Å². The van der Waals surface area contributed by atoms with E-state index in [4.69, 9.17) is 21.5 Å². The quantitative estimate of drug-likeness (QED) is 0.353. The summed E-state index contributed by atoms with van der Waals surface area (Å²) in [6.07, 6.45) is 1.73. The van der Waals surface area contributed by atoms with Crippen molar-refractivity contribution in [3.05, 3.63) is 0 Å². The number of rotatable bonds is 8. The molecule has 0 aromatic rings.